The average molecular weight is 327 g/mol. The van der Waals surface area contributed by atoms with Gasteiger partial charge < -0.3 is 5.73 Å². The van der Waals surface area contributed by atoms with Crippen LogP contribution in [0, 0.1) is 0 Å². The minimum Gasteiger partial charge on any atom is -0.330 e. The van der Waals surface area contributed by atoms with E-state index in [0.29, 0.717) is 38.8 Å². The number of sulfonamides is 1. The van der Waals surface area contributed by atoms with E-state index in [9.17, 15) is 16.8 Å². The molecular formula is C11H25N3O4S2. The maximum Gasteiger partial charge on any atom is 0.228 e. The van der Waals surface area contributed by atoms with Crippen LogP contribution in [-0.2, 0) is 19.9 Å². The van der Waals surface area contributed by atoms with Crippen molar-refractivity contribution < 1.29 is 16.8 Å². The maximum atomic E-state index is 12.0. The molecule has 1 fully saturated rings. The highest BCUT2D eigenvalue weighted by Crippen LogP contribution is 2.15. The molecule has 0 aromatic heterocycles. The Morgan fingerprint density at radius 3 is 2.05 bits per heavy atom. The van der Waals surface area contributed by atoms with E-state index in [4.69, 9.17) is 5.73 Å². The summed E-state index contributed by atoms with van der Waals surface area (Å²) in [5.74, 6) is 0. The lowest BCUT2D eigenvalue weighted by Gasteiger charge is -2.38. The van der Waals surface area contributed by atoms with Gasteiger partial charge in [-0.1, -0.05) is 6.92 Å². The van der Waals surface area contributed by atoms with Crippen molar-refractivity contribution in [2.45, 2.75) is 25.8 Å². The molecule has 0 aliphatic carbocycles. The van der Waals surface area contributed by atoms with E-state index in [2.05, 4.69) is 11.8 Å². The molecule has 1 saturated heterocycles. The first-order valence-electron chi connectivity index (χ1n) is 6.79. The summed E-state index contributed by atoms with van der Waals surface area (Å²) in [6.45, 7) is 4.65. The zero-order chi connectivity index (χ0) is 15.4. The van der Waals surface area contributed by atoms with Gasteiger partial charge in [0.1, 0.15) is 0 Å². The minimum absolute atomic E-state index is 0.346. The molecule has 0 bridgehead atoms. The fourth-order valence-electron chi connectivity index (χ4n) is 2.53. The van der Waals surface area contributed by atoms with Crippen molar-refractivity contribution in [3.63, 3.8) is 0 Å². The highest BCUT2D eigenvalue weighted by atomic mass is 32.3. The zero-order valence-electron chi connectivity index (χ0n) is 12.2. The Balaban J connectivity index is 2.62. The summed E-state index contributed by atoms with van der Waals surface area (Å²) < 4.78 is 47.6. The second-order valence-corrected chi connectivity index (χ2v) is 9.70. The Bertz CT molecular complexity index is 496. The van der Waals surface area contributed by atoms with Crippen LogP contribution < -0.4 is 5.73 Å². The fraction of sp³-hybridized carbons (Fsp3) is 1.00. The summed E-state index contributed by atoms with van der Waals surface area (Å²) in [7, 11) is -7.25. The van der Waals surface area contributed by atoms with E-state index in [1.165, 1.54) is 4.31 Å². The van der Waals surface area contributed by atoms with Crippen LogP contribution in [0.5, 0.6) is 0 Å². The number of rotatable bonds is 7. The minimum atomic E-state index is -3.72. The number of hydrogen-bond acceptors (Lipinski definition) is 6. The highest BCUT2D eigenvalue weighted by Gasteiger charge is 2.31. The van der Waals surface area contributed by atoms with Gasteiger partial charge in [0.2, 0.25) is 10.0 Å². The molecule has 0 aromatic carbocycles. The molecule has 1 rings (SSSR count). The molecule has 1 aliphatic rings. The molecule has 1 heterocycles. The molecule has 0 amide bonds. The van der Waals surface area contributed by atoms with Crippen LogP contribution in [0.1, 0.15) is 19.8 Å². The first kappa shape index (κ1) is 17.8. The second kappa shape index (κ2) is 7.17. The summed E-state index contributed by atoms with van der Waals surface area (Å²) in [4.78, 5) is 2.24. The monoisotopic (exact) mass is 327 g/mol. The van der Waals surface area contributed by atoms with E-state index in [0.717, 1.165) is 19.1 Å². The normalized spacial score (nSPS) is 20.9. The van der Waals surface area contributed by atoms with Crippen LogP contribution in [0.4, 0.5) is 0 Å². The molecule has 9 heteroatoms. The van der Waals surface area contributed by atoms with Crippen LogP contribution >= 0.6 is 0 Å². The number of sulfone groups is 1. The van der Waals surface area contributed by atoms with Crippen molar-refractivity contribution in [3.8, 4) is 0 Å². The van der Waals surface area contributed by atoms with Crippen molar-refractivity contribution in [2.75, 3.05) is 44.1 Å². The first-order valence-corrected chi connectivity index (χ1v) is 10.5. The summed E-state index contributed by atoms with van der Waals surface area (Å²) in [6.07, 6.45) is 2.81. The highest BCUT2D eigenvalue weighted by molar-refractivity contribution is 8.06. The second-order valence-electron chi connectivity index (χ2n) is 5.23. The molecule has 120 valence electrons. The van der Waals surface area contributed by atoms with Gasteiger partial charge >= 0.3 is 0 Å². The van der Waals surface area contributed by atoms with Gasteiger partial charge in [-0.25, -0.2) is 16.8 Å². The lowest BCUT2D eigenvalue weighted by Crippen LogP contribution is -2.52. The topological polar surface area (TPSA) is 101 Å². The fourth-order valence-corrected chi connectivity index (χ4v) is 6.01. The van der Waals surface area contributed by atoms with E-state index >= 15 is 0 Å². The zero-order valence-corrected chi connectivity index (χ0v) is 13.8. The van der Waals surface area contributed by atoms with Gasteiger partial charge in [0.05, 0.1) is 0 Å². The van der Waals surface area contributed by atoms with Gasteiger partial charge in [-0.2, -0.15) is 4.31 Å². The summed E-state index contributed by atoms with van der Waals surface area (Å²) >= 11 is 0. The van der Waals surface area contributed by atoms with Crippen molar-refractivity contribution >= 4 is 19.9 Å². The van der Waals surface area contributed by atoms with Gasteiger partial charge in [-0.05, 0) is 19.4 Å². The third kappa shape index (κ3) is 5.28. The largest absolute Gasteiger partial charge is 0.330 e. The van der Waals surface area contributed by atoms with E-state index in [-0.39, 0.29) is 0 Å². The van der Waals surface area contributed by atoms with Crippen molar-refractivity contribution in [3.05, 3.63) is 0 Å². The van der Waals surface area contributed by atoms with Crippen molar-refractivity contribution in [1.82, 2.24) is 9.21 Å². The van der Waals surface area contributed by atoms with Gasteiger partial charge in [-0.3, -0.25) is 4.90 Å². The van der Waals surface area contributed by atoms with Crippen LogP contribution in [0.3, 0.4) is 0 Å². The maximum absolute atomic E-state index is 12.0. The number of piperazine rings is 1. The number of hydrogen-bond donors (Lipinski definition) is 1. The molecule has 0 aromatic rings. The smallest absolute Gasteiger partial charge is 0.228 e. The van der Waals surface area contributed by atoms with Crippen molar-refractivity contribution in [2.24, 2.45) is 5.73 Å². The molecule has 0 radical (unpaired) electrons. The predicted molar refractivity (Wildman–Crippen MR) is 79.5 cm³/mol. The predicted octanol–water partition coefficient (Wildman–Crippen LogP) is -0.937. The van der Waals surface area contributed by atoms with Crippen LogP contribution in [0.2, 0.25) is 0 Å². The Kier molecular flexibility index (Phi) is 6.39. The molecule has 20 heavy (non-hydrogen) atoms. The van der Waals surface area contributed by atoms with Crippen molar-refractivity contribution in [1.29, 1.82) is 0 Å². The molecule has 2 N–H and O–H groups in total. The number of nitrogens with zero attached hydrogens (tertiary/aromatic N) is 2. The third-order valence-corrected chi connectivity index (χ3v) is 7.57. The lowest BCUT2D eigenvalue weighted by molar-refractivity contribution is 0.129. The SMILES string of the molecule is CCC(CCN)N1CCN(S(=O)(=O)CS(C)(=O)=O)CC1. The Labute approximate surface area is 122 Å². The van der Waals surface area contributed by atoms with Gasteiger partial charge in [0.15, 0.2) is 14.9 Å². The first-order chi connectivity index (χ1) is 9.19. The summed E-state index contributed by atoms with van der Waals surface area (Å²) in [5, 5.41) is -0.806. The van der Waals surface area contributed by atoms with Crippen LogP contribution in [0.15, 0.2) is 0 Å². The van der Waals surface area contributed by atoms with Gasteiger partial charge in [-0.15, -0.1) is 0 Å². The Morgan fingerprint density at radius 2 is 1.65 bits per heavy atom. The standard InChI is InChI=1S/C11H25N3O4S2/c1-3-11(4-5-12)13-6-8-14(9-7-13)20(17,18)10-19(2,15)16/h11H,3-10,12H2,1-2H3. The molecule has 1 unspecified atom stereocenters. The molecule has 0 saturated carbocycles. The molecule has 7 nitrogen and oxygen atoms in total. The molecular weight excluding hydrogens is 302 g/mol. The van der Waals surface area contributed by atoms with E-state index < -0.39 is 24.9 Å². The quantitative estimate of drug-likeness (QED) is 0.648. The van der Waals surface area contributed by atoms with E-state index in [1.807, 2.05) is 0 Å². The van der Waals surface area contributed by atoms with Gasteiger partial charge in [0.25, 0.3) is 0 Å². The lowest BCUT2D eigenvalue weighted by atomic mass is 10.1. The molecule has 0 spiro atoms. The number of nitrogens with two attached hydrogens (primary N) is 1. The van der Waals surface area contributed by atoms with Crippen LogP contribution in [0.25, 0.3) is 0 Å². The Hall–Kier alpha value is -0.220. The van der Waals surface area contributed by atoms with Crippen LogP contribution in [-0.4, -0.2) is 76.1 Å². The summed E-state index contributed by atoms with van der Waals surface area (Å²) in [6, 6.07) is 0.375. The van der Waals surface area contributed by atoms with E-state index in [1.54, 1.807) is 0 Å². The molecule has 1 aliphatic heterocycles. The summed E-state index contributed by atoms with van der Waals surface area (Å²) in [5.41, 5.74) is 5.58. The Morgan fingerprint density at radius 1 is 1.10 bits per heavy atom. The van der Waals surface area contributed by atoms with Gasteiger partial charge in [0, 0.05) is 38.5 Å². The average Bonchev–Trinajstić information content (AvgIpc) is 2.33. The third-order valence-electron chi connectivity index (χ3n) is 3.52. The molecule has 1 atom stereocenters.